The Morgan fingerprint density at radius 1 is 0.969 bits per heavy atom. The van der Waals surface area contributed by atoms with Crippen molar-refractivity contribution in [1.29, 1.82) is 0 Å². The predicted octanol–water partition coefficient (Wildman–Crippen LogP) is 6.09. The smallest absolute Gasteiger partial charge is 0.283 e. The molecule has 4 rings (SSSR count). The Morgan fingerprint density at radius 2 is 1.69 bits per heavy atom. The number of fused-ring (bicyclic) bond motifs is 1. The van der Waals surface area contributed by atoms with E-state index in [0.29, 0.717) is 10.5 Å². The zero-order valence-corrected chi connectivity index (χ0v) is 18.4. The number of para-hydroxylation sites is 1. The van der Waals surface area contributed by atoms with Gasteiger partial charge in [0.15, 0.2) is 0 Å². The number of rotatable bonds is 7. The minimum absolute atomic E-state index is 0.0369. The first kappa shape index (κ1) is 22.0. The Morgan fingerprint density at radius 3 is 2.38 bits per heavy atom. The average molecular weight is 454 g/mol. The first-order valence-electron chi connectivity index (χ1n) is 9.93. The number of halogens is 2. The average Bonchev–Trinajstić information content (AvgIpc) is 3.03. The van der Waals surface area contributed by atoms with Crippen molar-refractivity contribution in [2.75, 3.05) is 14.1 Å². The first-order valence-corrected chi connectivity index (χ1v) is 10.7. The van der Waals surface area contributed by atoms with Crippen molar-refractivity contribution in [2.45, 2.75) is 22.9 Å². The zero-order chi connectivity index (χ0) is 22.8. The molecule has 0 aliphatic carbocycles. The molecule has 1 heterocycles. The number of hydrogen-bond acceptors (Lipinski definition) is 4. The summed E-state index contributed by atoms with van der Waals surface area (Å²) in [5, 5.41) is 12.4. The fourth-order valence-corrected chi connectivity index (χ4v) is 4.78. The molecule has 0 unspecified atom stereocenters. The maximum atomic E-state index is 13.7. The van der Waals surface area contributed by atoms with Gasteiger partial charge in [0.05, 0.1) is 9.82 Å². The highest BCUT2D eigenvalue weighted by Gasteiger charge is 2.17. The maximum absolute atomic E-state index is 13.7. The molecular formula is C24H21F2N3O2S. The Hall–Kier alpha value is -3.23. The van der Waals surface area contributed by atoms with Crippen molar-refractivity contribution in [1.82, 2.24) is 9.47 Å². The fraction of sp³-hybridized carbons (Fsp3) is 0.167. The van der Waals surface area contributed by atoms with Crippen LogP contribution in [0, 0.1) is 21.7 Å². The van der Waals surface area contributed by atoms with Crippen molar-refractivity contribution in [3.05, 3.63) is 99.7 Å². The third kappa shape index (κ3) is 4.81. The largest absolute Gasteiger partial charge is 0.342 e. The second-order valence-electron chi connectivity index (χ2n) is 7.82. The van der Waals surface area contributed by atoms with Gasteiger partial charge >= 0.3 is 0 Å². The molecule has 0 fully saturated rings. The lowest BCUT2D eigenvalue weighted by molar-refractivity contribution is -0.387. The Balaban J connectivity index is 1.80. The van der Waals surface area contributed by atoms with Gasteiger partial charge in [0, 0.05) is 47.2 Å². The standard InChI is InChI=1S/C24H21F2N3O2S/c1-27(2)13-16-7-8-20-22(11-16)28(14-17-9-18(25)12-19(26)10-17)15-24(20)32-23-6-4-3-5-21(23)29(30)31/h3-12,15H,13-14H2,1-2H3. The van der Waals surface area contributed by atoms with Crippen LogP contribution in [0.15, 0.2) is 76.7 Å². The molecule has 3 aromatic carbocycles. The number of nitro groups is 1. The van der Waals surface area contributed by atoms with Crippen LogP contribution in [0.2, 0.25) is 0 Å². The summed E-state index contributed by atoms with van der Waals surface area (Å²) < 4.78 is 29.4. The van der Waals surface area contributed by atoms with Crippen LogP contribution in [0.1, 0.15) is 11.1 Å². The summed E-state index contributed by atoms with van der Waals surface area (Å²) in [6, 6.07) is 16.1. The van der Waals surface area contributed by atoms with Gasteiger partial charge in [-0.1, -0.05) is 36.0 Å². The van der Waals surface area contributed by atoms with E-state index in [1.807, 2.05) is 37.0 Å². The lowest BCUT2D eigenvalue weighted by atomic mass is 10.1. The summed E-state index contributed by atoms with van der Waals surface area (Å²) in [6.07, 6.45) is 1.88. The minimum atomic E-state index is -0.626. The van der Waals surface area contributed by atoms with Gasteiger partial charge in [0.2, 0.25) is 0 Å². The SMILES string of the molecule is CN(C)Cc1ccc2c(Sc3ccccc3[N+](=O)[O-])cn(Cc3cc(F)cc(F)c3)c2c1. The molecule has 8 heteroatoms. The summed E-state index contributed by atoms with van der Waals surface area (Å²) in [5.41, 5.74) is 2.53. The molecule has 0 saturated carbocycles. The molecule has 0 radical (unpaired) electrons. The van der Waals surface area contributed by atoms with Crippen LogP contribution in [-0.4, -0.2) is 28.5 Å². The van der Waals surface area contributed by atoms with Gasteiger partial charge in [0.1, 0.15) is 11.6 Å². The van der Waals surface area contributed by atoms with Gasteiger partial charge in [-0.3, -0.25) is 10.1 Å². The highest BCUT2D eigenvalue weighted by Crippen LogP contribution is 2.39. The van der Waals surface area contributed by atoms with Crippen LogP contribution in [0.5, 0.6) is 0 Å². The monoisotopic (exact) mass is 453 g/mol. The summed E-state index contributed by atoms with van der Waals surface area (Å²) in [5.74, 6) is -1.25. The number of nitrogens with zero attached hydrogens (tertiary/aromatic N) is 3. The Bertz CT molecular complexity index is 1280. The molecule has 5 nitrogen and oxygen atoms in total. The van der Waals surface area contributed by atoms with E-state index in [-0.39, 0.29) is 12.2 Å². The topological polar surface area (TPSA) is 51.3 Å². The van der Waals surface area contributed by atoms with E-state index in [2.05, 4.69) is 11.0 Å². The van der Waals surface area contributed by atoms with Crippen molar-refractivity contribution < 1.29 is 13.7 Å². The van der Waals surface area contributed by atoms with Gasteiger partial charge in [-0.2, -0.15) is 0 Å². The molecule has 0 atom stereocenters. The molecule has 32 heavy (non-hydrogen) atoms. The Kier molecular flexibility index (Phi) is 6.25. The van der Waals surface area contributed by atoms with Crippen molar-refractivity contribution in [3.8, 4) is 0 Å². The van der Waals surface area contributed by atoms with Gasteiger partial charge in [-0.25, -0.2) is 8.78 Å². The molecule has 0 saturated heterocycles. The predicted molar refractivity (Wildman–Crippen MR) is 122 cm³/mol. The number of aromatic nitrogens is 1. The van der Waals surface area contributed by atoms with Crippen LogP contribution >= 0.6 is 11.8 Å². The molecule has 164 valence electrons. The second kappa shape index (κ2) is 9.10. The normalized spacial score (nSPS) is 11.4. The maximum Gasteiger partial charge on any atom is 0.283 e. The second-order valence-corrected chi connectivity index (χ2v) is 8.90. The molecule has 1 aromatic heterocycles. The molecule has 0 aliphatic rings. The van der Waals surface area contributed by atoms with E-state index in [0.717, 1.165) is 34.0 Å². The molecule has 0 spiro atoms. The molecular weight excluding hydrogens is 432 g/mol. The Labute approximate surface area is 188 Å². The van der Waals surface area contributed by atoms with Crippen LogP contribution in [-0.2, 0) is 13.1 Å². The fourth-order valence-electron chi connectivity index (χ4n) is 3.69. The highest BCUT2D eigenvalue weighted by atomic mass is 32.2. The van der Waals surface area contributed by atoms with Gasteiger partial charge < -0.3 is 9.47 Å². The third-order valence-corrected chi connectivity index (χ3v) is 6.08. The van der Waals surface area contributed by atoms with Crippen molar-refractivity contribution in [3.63, 3.8) is 0 Å². The van der Waals surface area contributed by atoms with E-state index in [9.17, 15) is 18.9 Å². The zero-order valence-electron chi connectivity index (χ0n) is 17.6. The van der Waals surface area contributed by atoms with Crippen molar-refractivity contribution >= 4 is 28.4 Å². The van der Waals surface area contributed by atoms with E-state index in [1.165, 1.54) is 30.0 Å². The lowest BCUT2D eigenvalue weighted by Crippen LogP contribution is -2.10. The number of hydrogen-bond donors (Lipinski definition) is 0. The molecule has 0 amide bonds. The molecule has 0 N–H and O–H groups in total. The molecule has 0 aliphatic heterocycles. The van der Waals surface area contributed by atoms with E-state index in [4.69, 9.17) is 0 Å². The number of nitro benzene ring substituents is 1. The van der Waals surface area contributed by atoms with Gasteiger partial charge in [-0.05, 0) is 49.5 Å². The van der Waals surface area contributed by atoms with Crippen molar-refractivity contribution in [2.24, 2.45) is 0 Å². The van der Waals surface area contributed by atoms with E-state index >= 15 is 0 Å². The van der Waals surface area contributed by atoms with E-state index < -0.39 is 16.6 Å². The lowest BCUT2D eigenvalue weighted by Gasteiger charge is -2.11. The quantitative estimate of drug-likeness (QED) is 0.251. The van der Waals surface area contributed by atoms with Gasteiger partial charge in [-0.15, -0.1) is 0 Å². The van der Waals surface area contributed by atoms with Crippen LogP contribution < -0.4 is 0 Å². The molecule has 4 aromatic rings. The highest BCUT2D eigenvalue weighted by molar-refractivity contribution is 7.99. The third-order valence-electron chi connectivity index (χ3n) is 4.97. The number of benzene rings is 3. The minimum Gasteiger partial charge on any atom is -0.342 e. The summed E-state index contributed by atoms with van der Waals surface area (Å²) in [7, 11) is 3.96. The van der Waals surface area contributed by atoms with Crippen LogP contribution in [0.4, 0.5) is 14.5 Å². The van der Waals surface area contributed by atoms with Gasteiger partial charge in [0.25, 0.3) is 5.69 Å². The van der Waals surface area contributed by atoms with E-state index in [1.54, 1.807) is 18.2 Å². The van der Waals surface area contributed by atoms with Crippen LogP contribution in [0.3, 0.4) is 0 Å². The van der Waals surface area contributed by atoms with Crippen LogP contribution in [0.25, 0.3) is 10.9 Å². The summed E-state index contributed by atoms with van der Waals surface area (Å²) >= 11 is 1.31. The summed E-state index contributed by atoms with van der Waals surface area (Å²) in [6.45, 7) is 1.01. The summed E-state index contributed by atoms with van der Waals surface area (Å²) in [4.78, 5) is 14.5. The first-order chi connectivity index (χ1) is 15.3. The molecule has 0 bridgehead atoms.